The Morgan fingerprint density at radius 2 is 1.06 bits per heavy atom. The summed E-state index contributed by atoms with van der Waals surface area (Å²) in [4.78, 5) is 45.9. The van der Waals surface area contributed by atoms with Crippen molar-refractivity contribution in [3.63, 3.8) is 0 Å². The molecule has 310 valence electrons. The minimum atomic E-state index is -4.72. The molecule has 3 atom stereocenters. The summed E-state index contributed by atoms with van der Waals surface area (Å²) in [6, 6.07) is -1.53. The zero-order chi connectivity index (χ0) is 40.0. The molecule has 0 amide bonds. The van der Waals surface area contributed by atoms with Crippen molar-refractivity contribution in [2.75, 3.05) is 19.8 Å². The van der Waals surface area contributed by atoms with Gasteiger partial charge in [0.25, 0.3) is 0 Å². The summed E-state index contributed by atoms with van der Waals surface area (Å²) in [5.41, 5.74) is 5.32. The minimum absolute atomic E-state index is 0.132. The molecule has 0 aliphatic heterocycles. The number of carboxylic acids is 1. The summed E-state index contributed by atoms with van der Waals surface area (Å²) >= 11 is 0. The number of hydrogen-bond donors (Lipinski definition) is 3. The van der Waals surface area contributed by atoms with E-state index in [0.717, 1.165) is 57.8 Å². The fraction of sp³-hybridized carbons (Fsp3) is 0.690. The lowest BCUT2D eigenvalue weighted by Gasteiger charge is -2.20. The van der Waals surface area contributed by atoms with Gasteiger partial charge in [0, 0.05) is 12.8 Å². The molecule has 0 radical (unpaired) electrons. The van der Waals surface area contributed by atoms with Crippen molar-refractivity contribution in [2.24, 2.45) is 5.73 Å². The third kappa shape index (κ3) is 36.2. The van der Waals surface area contributed by atoms with Gasteiger partial charge in [0.1, 0.15) is 12.6 Å². The lowest BCUT2D eigenvalue weighted by Crippen LogP contribution is -2.34. The molecule has 0 spiro atoms. The van der Waals surface area contributed by atoms with Crippen LogP contribution in [0.25, 0.3) is 0 Å². The number of esters is 2. The fourth-order valence-corrected chi connectivity index (χ4v) is 5.89. The molecule has 12 heteroatoms. The zero-order valence-corrected chi connectivity index (χ0v) is 34.2. The van der Waals surface area contributed by atoms with Crippen LogP contribution in [0.1, 0.15) is 155 Å². The standard InChI is InChI=1S/C42H72NO10P/c1-3-5-7-9-11-13-15-17-19-21-23-25-27-29-31-33-40(44)50-35-38(36-51-54(48,49)52-37-39(43)42(46)47)53-41(45)34-32-30-28-26-24-22-20-18-16-14-12-10-8-6-4-2/h6,8-12,14,16,18,20,38-39H,3-5,7,13,15,17,19,21-37,43H2,1-2H3,(H,46,47)(H,48,49)/b8-6+,11-9+,12-10+,16-14+,20-18+/t38-,39+/m1/s1. The van der Waals surface area contributed by atoms with Gasteiger partial charge in [-0.05, 0) is 51.4 Å². The summed E-state index contributed by atoms with van der Waals surface area (Å²) in [5, 5.41) is 8.87. The summed E-state index contributed by atoms with van der Waals surface area (Å²) in [7, 11) is -4.72. The number of ether oxygens (including phenoxy) is 2. The van der Waals surface area contributed by atoms with Crippen molar-refractivity contribution in [1.82, 2.24) is 0 Å². The second-order valence-electron chi connectivity index (χ2n) is 13.5. The summed E-state index contributed by atoms with van der Waals surface area (Å²) in [5.74, 6) is -2.42. The van der Waals surface area contributed by atoms with Crippen LogP contribution >= 0.6 is 7.82 Å². The SMILES string of the molecule is CC/C=C/C=C/C=C/C=C/CCCCCCCC(=O)O[C@H](COC(=O)CCCCCCCCCCC/C=C/CCCC)COP(=O)(O)OC[C@H](N)C(=O)O. The van der Waals surface area contributed by atoms with E-state index in [9.17, 15) is 23.8 Å². The fourth-order valence-electron chi connectivity index (χ4n) is 5.11. The number of carbonyl (C=O) groups excluding carboxylic acids is 2. The van der Waals surface area contributed by atoms with Crippen molar-refractivity contribution < 1.29 is 47.5 Å². The number of unbranched alkanes of at least 4 members (excludes halogenated alkanes) is 16. The predicted molar refractivity (Wildman–Crippen MR) is 217 cm³/mol. The molecule has 0 fully saturated rings. The lowest BCUT2D eigenvalue weighted by molar-refractivity contribution is -0.161. The molecule has 0 aliphatic carbocycles. The monoisotopic (exact) mass is 781 g/mol. The Kier molecular flexibility index (Phi) is 35.2. The number of allylic oxidation sites excluding steroid dienone is 10. The van der Waals surface area contributed by atoms with Crippen LogP contribution in [0.3, 0.4) is 0 Å². The highest BCUT2D eigenvalue weighted by atomic mass is 31.2. The Bertz CT molecular complexity index is 1150. The van der Waals surface area contributed by atoms with Crippen LogP contribution in [0.2, 0.25) is 0 Å². The first kappa shape index (κ1) is 51.2. The van der Waals surface area contributed by atoms with E-state index >= 15 is 0 Å². The van der Waals surface area contributed by atoms with Gasteiger partial charge in [0.15, 0.2) is 6.10 Å². The molecule has 0 saturated carbocycles. The number of aliphatic carboxylic acids is 1. The maximum atomic E-state index is 12.6. The number of rotatable bonds is 37. The average molecular weight is 782 g/mol. The van der Waals surface area contributed by atoms with E-state index in [1.807, 2.05) is 36.5 Å². The summed E-state index contributed by atoms with van der Waals surface area (Å²) < 4.78 is 32.6. The topological polar surface area (TPSA) is 172 Å². The maximum Gasteiger partial charge on any atom is 0.472 e. The van der Waals surface area contributed by atoms with E-state index in [-0.39, 0.29) is 19.4 Å². The summed E-state index contributed by atoms with van der Waals surface area (Å²) in [6.07, 6.45) is 41.4. The van der Waals surface area contributed by atoms with Gasteiger partial charge in [-0.15, -0.1) is 0 Å². The van der Waals surface area contributed by atoms with E-state index in [4.69, 9.17) is 24.8 Å². The number of phosphoric acid groups is 1. The second kappa shape index (κ2) is 37.1. The van der Waals surface area contributed by atoms with Gasteiger partial charge >= 0.3 is 25.7 Å². The molecule has 0 aromatic carbocycles. The van der Waals surface area contributed by atoms with E-state index in [1.54, 1.807) is 0 Å². The van der Waals surface area contributed by atoms with E-state index < -0.39 is 51.1 Å². The molecular weight excluding hydrogens is 709 g/mol. The van der Waals surface area contributed by atoms with E-state index in [1.165, 1.54) is 57.8 Å². The molecule has 11 nitrogen and oxygen atoms in total. The van der Waals surface area contributed by atoms with Gasteiger partial charge in [-0.3, -0.25) is 23.4 Å². The van der Waals surface area contributed by atoms with Crippen LogP contribution in [0.5, 0.6) is 0 Å². The van der Waals surface area contributed by atoms with Crippen molar-refractivity contribution in [3.05, 3.63) is 60.8 Å². The molecular formula is C42H72NO10P. The highest BCUT2D eigenvalue weighted by Crippen LogP contribution is 2.43. The molecule has 1 unspecified atom stereocenters. The van der Waals surface area contributed by atoms with Crippen LogP contribution in [0, 0.1) is 0 Å². The van der Waals surface area contributed by atoms with Crippen molar-refractivity contribution in [3.8, 4) is 0 Å². The Morgan fingerprint density at radius 3 is 1.61 bits per heavy atom. The first-order valence-electron chi connectivity index (χ1n) is 20.4. The Balaban J connectivity index is 4.45. The quantitative estimate of drug-likeness (QED) is 0.0180. The number of hydrogen-bond acceptors (Lipinski definition) is 9. The normalized spacial score (nSPS) is 14.4. The second-order valence-corrected chi connectivity index (χ2v) is 14.9. The highest BCUT2D eigenvalue weighted by Gasteiger charge is 2.28. The van der Waals surface area contributed by atoms with Crippen LogP contribution in [-0.4, -0.2) is 59.9 Å². The van der Waals surface area contributed by atoms with Crippen molar-refractivity contribution >= 4 is 25.7 Å². The molecule has 0 saturated heterocycles. The molecule has 0 aliphatic rings. The maximum absolute atomic E-state index is 12.6. The van der Waals surface area contributed by atoms with Crippen molar-refractivity contribution in [1.29, 1.82) is 0 Å². The summed E-state index contributed by atoms with van der Waals surface area (Å²) in [6.45, 7) is 2.59. The molecule has 4 N–H and O–H groups in total. The van der Waals surface area contributed by atoms with Gasteiger partial charge < -0.3 is 25.2 Å². The molecule has 0 aromatic rings. The van der Waals surface area contributed by atoms with E-state index in [2.05, 4.69) is 42.7 Å². The van der Waals surface area contributed by atoms with Crippen LogP contribution < -0.4 is 5.73 Å². The molecule has 54 heavy (non-hydrogen) atoms. The number of phosphoric ester groups is 1. The smallest absolute Gasteiger partial charge is 0.472 e. The number of carboxylic acid groups (broad SMARTS) is 1. The van der Waals surface area contributed by atoms with Gasteiger partial charge in [-0.25, -0.2) is 4.57 Å². The third-order valence-electron chi connectivity index (χ3n) is 8.34. The van der Waals surface area contributed by atoms with Gasteiger partial charge in [-0.2, -0.15) is 0 Å². The molecule has 0 bridgehead atoms. The minimum Gasteiger partial charge on any atom is -0.480 e. The Hall–Kier alpha value is -2.82. The van der Waals surface area contributed by atoms with Crippen LogP contribution in [0.15, 0.2) is 60.8 Å². The first-order chi connectivity index (χ1) is 26.1. The van der Waals surface area contributed by atoms with Crippen molar-refractivity contribution in [2.45, 2.75) is 167 Å². The third-order valence-corrected chi connectivity index (χ3v) is 9.29. The van der Waals surface area contributed by atoms with Gasteiger partial charge in [-0.1, -0.05) is 152 Å². The lowest BCUT2D eigenvalue weighted by atomic mass is 10.1. The molecule has 0 aromatic heterocycles. The highest BCUT2D eigenvalue weighted by molar-refractivity contribution is 7.47. The predicted octanol–water partition coefficient (Wildman–Crippen LogP) is 10.4. The zero-order valence-electron chi connectivity index (χ0n) is 33.3. The number of carbonyl (C=O) groups is 3. The largest absolute Gasteiger partial charge is 0.480 e. The van der Waals surface area contributed by atoms with Crippen LogP contribution in [-0.2, 0) is 37.5 Å². The Morgan fingerprint density at radius 1 is 0.593 bits per heavy atom. The molecule has 0 heterocycles. The first-order valence-corrected chi connectivity index (χ1v) is 21.9. The average Bonchev–Trinajstić information content (AvgIpc) is 3.14. The Labute approximate surface area is 326 Å². The van der Waals surface area contributed by atoms with Gasteiger partial charge in [0.2, 0.25) is 0 Å². The number of nitrogens with two attached hydrogens (primary N) is 1. The molecule has 0 rings (SSSR count). The van der Waals surface area contributed by atoms with E-state index in [0.29, 0.717) is 12.8 Å². The van der Waals surface area contributed by atoms with Crippen LogP contribution in [0.4, 0.5) is 0 Å². The van der Waals surface area contributed by atoms with Gasteiger partial charge in [0.05, 0.1) is 13.2 Å².